The number of rotatable bonds is 2. The monoisotopic (exact) mass is 347 g/mol. The molecule has 130 valence electrons. The van der Waals surface area contributed by atoms with E-state index in [2.05, 4.69) is 26.3 Å². The van der Waals surface area contributed by atoms with Gasteiger partial charge < -0.3 is 20.2 Å². The molecule has 2 aliphatic heterocycles. The average Bonchev–Trinajstić information content (AvgIpc) is 3.21. The van der Waals surface area contributed by atoms with E-state index in [1.165, 1.54) is 0 Å². The van der Waals surface area contributed by atoms with Gasteiger partial charge in [0.25, 0.3) is 0 Å². The van der Waals surface area contributed by atoms with Crippen LogP contribution in [-0.2, 0) is 11.3 Å². The third-order valence-electron chi connectivity index (χ3n) is 5.02. The van der Waals surface area contributed by atoms with Gasteiger partial charge in [0.05, 0.1) is 16.7 Å². The number of carbonyl (C=O) groups is 1. The van der Waals surface area contributed by atoms with E-state index in [4.69, 9.17) is 4.99 Å². The Bertz CT molecular complexity index is 1110. The van der Waals surface area contributed by atoms with Gasteiger partial charge in [0.1, 0.15) is 11.9 Å². The van der Waals surface area contributed by atoms with Crippen molar-refractivity contribution in [3.8, 4) is 0 Å². The molecular formula is C19H17N5O2. The van der Waals surface area contributed by atoms with Crippen molar-refractivity contribution in [3.05, 3.63) is 58.5 Å². The van der Waals surface area contributed by atoms with Crippen LogP contribution in [0.3, 0.4) is 0 Å². The van der Waals surface area contributed by atoms with Crippen LogP contribution in [0.5, 0.6) is 0 Å². The van der Waals surface area contributed by atoms with Gasteiger partial charge >= 0.3 is 5.69 Å². The predicted molar refractivity (Wildman–Crippen MR) is 99.7 cm³/mol. The maximum Gasteiger partial charge on any atom is 0.323 e. The van der Waals surface area contributed by atoms with Gasteiger partial charge in [-0.1, -0.05) is 18.2 Å². The van der Waals surface area contributed by atoms with Crippen LogP contribution in [0.15, 0.2) is 52.3 Å². The summed E-state index contributed by atoms with van der Waals surface area (Å²) in [5, 5.41) is 2.97. The second-order valence-corrected chi connectivity index (χ2v) is 6.67. The van der Waals surface area contributed by atoms with Crippen LogP contribution in [-0.4, -0.2) is 32.7 Å². The zero-order valence-electron chi connectivity index (χ0n) is 14.0. The first-order valence-electron chi connectivity index (χ1n) is 8.62. The Kier molecular flexibility index (Phi) is 3.21. The fraction of sp³-hybridized carbons (Fsp3) is 0.211. The van der Waals surface area contributed by atoms with Gasteiger partial charge in [-0.15, -0.1) is 0 Å². The molecule has 7 heteroatoms. The maximum absolute atomic E-state index is 12.8. The summed E-state index contributed by atoms with van der Waals surface area (Å²) in [4.78, 5) is 36.4. The minimum atomic E-state index is -0.257. The van der Waals surface area contributed by atoms with E-state index in [0.29, 0.717) is 17.7 Å². The molecule has 26 heavy (non-hydrogen) atoms. The fourth-order valence-corrected chi connectivity index (χ4v) is 3.75. The van der Waals surface area contributed by atoms with Crippen LogP contribution in [0, 0.1) is 0 Å². The van der Waals surface area contributed by atoms with Crippen molar-refractivity contribution >= 4 is 34.2 Å². The molecule has 0 radical (unpaired) electrons. The second kappa shape index (κ2) is 5.59. The molecule has 0 saturated carbocycles. The van der Waals surface area contributed by atoms with Gasteiger partial charge in [0.15, 0.2) is 0 Å². The predicted octanol–water partition coefficient (Wildman–Crippen LogP) is 2.50. The van der Waals surface area contributed by atoms with E-state index in [9.17, 15) is 9.59 Å². The molecule has 2 aliphatic rings. The minimum absolute atomic E-state index is 0.0492. The number of carbonyl (C=O) groups excluding carboxylic acids is 1. The van der Waals surface area contributed by atoms with Gasteiger partial charge in [0.2, 0.25) is 5.91 Å². The number of benzene rings is 2. The van der Waals surface area contributed by atoms with Crippen LogP contribution in [0.1, 0.15) is 18.4 Å². The second-order valence-electron chi connectivity index (χ2n) is 6.67. The minimum Gasteiger partial charge on any atom is -0.344 e. The lowest BCUT2D eigenvalue weighted by Crippen LogP contribution is -2.42. The molecule has 1 saturated heterocycles. The number of nitrogens with zero attached hydrogens (tertiary/aromatic N) is 2. The topological polar surface area (TPSA) is 93.3 Å². The molecule has 3 aromatic rings. The number of imidazole rings is 1. The maximum atomic E-state index is 12.8. The summed E-state index contributed by atoms with van der Waals surface area (Å²) in [6.07, 6.45) is 1.55. The summed E-state index contributed by atoms with van der Waals surface area (Å²) >= 11 is 0. The number of amides is 1. The molecule has 7 nitrogen and oxygen atoms in total. The first-order chi connectivity index (χ1) is 12.7. The largest absolute Gasteiger partial charge is 0.344 e. The van der Waals surface area contributed by atoms with Crippen LogP contribution in [0.4, 0.5) is 11.4 Å². The normalized spacial score (nSPS) is 18.4. The molecule has 0 spiro atoms. The highest BCUT2D eigenvalue weighted by atomic mass is 16.2. The number of aromatic nitrogens is 2. The van der Waals surface area contributed by atoms with Gasteiger partial charge in [-0.3, -0.25) is 4.79 Å². The molecular weight excluding hydrogens is 330 g/mol. The van der Waals surface area contributed by atoms with Crippen molar-refractivity contribution in [1.29, 1.82) is 0 Å². The quantitative estimate of drug-likeness (QED) is 0.665. The van der Waals surface area contributed by atoms with Crippen molar-refractivity contribution in [2.24, 2.45) is 4.99 Å². The number of fused-ring (bicyclic) bond motifs is 3. The van der Waals surface area contributed by atoms with Gasteiger partial charge in [0, 0.05) is 18.7 Å². The Morgan fingerprint density at radius 3 is 2.92 bits per heavy atom. The Hall–Kier alpha value is -3.35. The number of anilines is 1. The zero-order valence-corrected chi connectivity index (χ0v) is 14.0. The van der Waals surface area contributed by atoms with Crippen LogP contribution in [0.25, 0.3) is 11.0 Å². The number of H-pyrrole nitrogens is 2. The molecule has 0 aliphatic carbocycles. The van der Waals surface area contributed by atoms with E-state index >= 15 is 0 Å². The van der Waals surface area contributed by atoms with Crippen LogP contribution >= 0.6 is 0 Å². The summed E-state index contributed by atoms with van der Waals surface area (Å²) in [7, 11) is 0. The first-order valence-corrected chi connectivity index (χ1v) is 8.62. The molecule has 1 amide bonds. The molecule has 1 atom stereocenters. The Morgan fingerprint density at radius 2 is 2.00 bits per heavy atom. The third-order valence-corrected chi connectivity index (χ3v) is 5.02. The Morgan fingerprint density at radius 1 is 1.15 bits per heavy atom. The first kappa shape index (κ1) is 14.9. The number of amidine groups is 1. The van der Waals surface area contributed by atoms with Gasteiger partial charge in [-0.25, -0.2) is 9.79 Å². The van der Waals surface area contributed by atoms with Crippen molar-refractivity contribution in [2.75, 3.05) is 5.32 Å². The lowest BCUT2D eigenvalue weighted by atomic mass is 10.1. The number of para-hydroxylation sites is 1. The fourth-order valence-electron chi connectivity index (χ4n) is 3.75. The summed E-state index contributed by atoms with van der Waals surface area (Å²) in [6.45, 7) is 0.706. The highest BCUT2D eigenvalue weighted by Crippen LogP contribution is 2.33. The highest BCUT2D eigenvalue weighted by molar-refractivity contribution is 6.01. The molecule has 0 unspecified atom stereocenters. The van der Waals surface area contributed by atoms with Gasteiger partial charge in [-0.2, -0.15) is 0 Å². The van der Waals surface area contributed by atoms with E-state index in [0.717, 1.165) is 35.4 Å². The van der Waals surface area contributed by atoms with E-state index in [-0.39, 0.29) is 17.6 Å². The van der Waals surface area contributed by atoms with E-state index in [1.807, 2.05) is 18.2 Å². The van der Waals surface area contributed by atoms with Crippen LogP contribution < -0.4 is 11.0 Å². The molecule has 2 aromatic carbocycles. The Balaban J connectivity index is 1.38. The van der Waals surface area contributed by atoms with Crippen molar-refractivity contribution in [2.45, 2.75) is 25.4 Å². The van der Waals surface area contributed by atoms with Gasteiger partial charge in [-0.05, 0) is 36.2 Å². The summed E-state index contributed by atoms with van der Waals surface area (Å²) in [5.74, 6) is 0.932. The summed E-state index contributed by atoms with van der Waals surface area (Å²) < 4.78 is 0. The molecule has 0 bridgehead atoms. The lowest BCUT2D eigenvalue weighted by molar-refractivity contribution is -0.119. The smallest absolute Gasteiger partial charge is 0.323 e. The van der Waals surface area contributed by atoms with E-state index < -0.39 is 0 Å². The van der Waals surface area contributed by atoms with Crippen molar-refractivity contribution in [1.82, 2.24) is 14.9 Å². The number of hydrogen-bond donors (Lipinski definition) is 3. The molecule has 3 N–H and O–H groups in total. The highest BCUT2D eigenvalue weighted by Gasteiger charge is 2.36. The Labute approximate surface area is 148 Å². The number of aliphatic imine (C=N–C) groups is 1. The standard InChI is InChI=1S/C19H17N5O2/c25-18(20-12-5-6-14-15(9-12)23-19(26)22-14)16-7-8-17-21-13-4-2-1-3-11(13)10-24(16)17/h1-6,9,16H,7-8,10H2,(H,20,25)(H2,22,23,26)/t16-/m1/s1. The lowest BCUT2D eigenvalue weighted by Gasteiger charge is -2.29. The number of hydrogen-bond acceptors (Lipinski definition) is 4. The van der Waals surface area contributed by atoms with Crippen LogP contribution in [0.2, 0.25) is 0 Å². The number of nitrogens with one attached hydrogen (secondary N) is 3. The summed E-state index contributed by atoms with van der Waals surface area (Å²) in [6, 6.07) is 13.2. The SMILES string of the molecule is O=C(Nc1ccc2[nH]c(=O)[nH]c2c1)[C@H]1CCC2=Nc3ccccc3CN21. The van der Waals surface area contributed by atoms with Crippen molar-refractivity contribution < 1.29 is 4.79 Å². The van der Waals surface area contributed by atoms with Crippen molar-refractivity contribution in [3.63, 3.8) is 0 Å². The average molecular weight is 347 g/mol. The molecule has 1 fully saturated rings. The van der Waals surface area contributed by atoms with E-state index in [1.54, 1.807) is 18.2 Å². The zero-order chi connectivity index (χ0) is 17.7. The third kappa shape index (κ3) is 2.40. The number of aromatic amines is 2. The molecule has 3 heterocycles. The molecule has 1 aromatic heterocycles. The summed E-state index contributed by atoms with van der Waals surface area (Å²) in [5.41, 5.74) is 3.95. The molecule has 5 rings (SSSR count).